The molecule has 0 radical (unpaired) electrons. The first kappa shape index (κ1) is 87.7. The Kier molecular flexibility index (Phi) is 27.9. The molecule has 16 aromatic rings. The van der Waals surface area contributed by atoms with E-state index in [0.29, 0.717) is 106 Å². The third-order valence-corrected chi connectivity index (χ3v) is 20.2. The number of carbonyl (C=O) groups excluding carboxylic acids is 5. The summed E-state index contributed by atoms with van der Waals surface area (Å²) in [4.78, 5) is 135. The standard InChI is InChI=1S/2C23H27N7O3.C21H22N8O2.C20H19N7O2/c2*1-5-24-23(32)28-22-26-18-11-17(12-19(21(18)27-22)30-9-6-8-25-30)16-7-10-29(20(31)13-16)14(2)15(3)33-4;1-4-23-21(31)27-20-25-16-8-14(13-6-5-7-22-10-13)9-17(18(16)26-20)29-12-15(11-24-29)19(30)28(2)3;1-3-21-19(28)27-18-25-16-9-12(13-10-23-20(29-2)24-11-13)8-14(17(16)26-18)15-6-4-5-7-22-15/h2*6-15H,5H2,1-4H3,(H3,24,26,27,28,32);5-12H,4H2,1-3H3,(H3,23,25,26,27,31);4-11H,3H2,1-2H3,(H3,21,25,26,27,28)/t2*14?,15-;;/m10../s1. The Morgan fingerprint density at radius 2 is 0.849 bits per heavy atom. The lowest BCUT2D eigenvalue weighted by molar-refractivity contribution is 0.0764. The summed E-state index contributed by atoms with van der Waals surface area (Å²) in [7, 11) is 8.16. The zero-order valence-electron chi connectivity index (χ0n) is 71.3. The number of aromatic nitrogens is 20. The van der Waals surface area contributed by atoms with E-state index >= 15 is 0 Å². The molecular formula is C87H95N29O10. The molecule has 12 heterocycles. The number of aromatic amines is 4. The minimum atomic E-state index is -0.353. The van der Waals surface area contributed by atoms with Crippen molar-refractivity contribution in [1.82, 2.24) is 124 Å². The van der Waals surface area contributed by atoms with Crippen molar-refractivity contribution in [3.8, 4) is 78.8 Å². The molecule has 0 saturated heterocycles. The van der Waals surface area contributed by atoms with Crippen LogP contribution >= 0.6 is 0 Å². The highest BCUT2D eigenvalue weighted by Crippen LogP contribution is 2.36. The van der Waals surface area contributed by atoms with E-state index < -0.39 is 0 Å². The van der Waals surface area contributed by atoms with Gasteiger partial charge in [-0.05, 0) is 180 Å². The van der Waals surface area contributed by atoms with Crippen molar-refractivity contribution in [3.05, 3.63) is 222 Å². The smallest absolute Gasteiger partial charge is 0.321 e. The fourth-order valence-corrected chi connectivity index (χ4v) is 13.4. The summed E-state index contributed by atoms with van der Waals surface area (Å²) in [5.74, 6) is 1.15. The van der Waals surface area contributed by atoms with Gasteiger partial charge >= 0.3 is 30.1 Å². The number of nitrogens with one attached hydrogen (secondary N) is 12. The maximum absolute atomic E-state index is 12.9. The van der Waals surface area contributed by atoms with Crippen molar-refractivity contribution < 1.29 is 38.2 Å². The Bertz CT molecular complexity index is 6410. The summed E-state index contributed by atoms with van der Waals surface area (Å²) >= 11 is 0. The molecule has 4 atom stereocenters. The molecule has 16 rings (SSSR count). The van der Waals surface area contributed by atoms with Gasteiger partial charge in [-0.15, -0.1) is 0 Å². The summed E-state index contributed by atoms with van der Waals surface area (Å²) in [5, 5.41) is 34.5. The number of amides is 9. The number of nitrogens with zero attached hydrogens (tertiary/aromatic N) is 17. The molecule has 0 aliphatic carbocycles. The molecule has 4 aromatic carbocycles. The van der Waals surface area contributed by atoms with E-state index in [-0.39, 0.29) is 65.4 Å². The van der Waals surface area contributed by atoms with E-state index in [4.69, 9.17) is 14.2 Å². The first-order valence-electron chi connectivity index (χ1n) is 40.3. The topological polar surface area (TPSA) is 476 Å². The van der Waals surface area contributed by atoms with E-state index in [9.17, 15) is 33.6 Å². The molecule has 9 amide bonds. The van der Waals surface area contributed by atoms with Crippen LogP contribution in [-0.4, -0.2) is 207 Å². The molecule has 648 valence electrons. The van der Waals surface area contributed by atoms with E-state index in [1.54, 1.807) is 126 Å². The third kappa shape index (κ3) is 20.6. The number of hydrogen-bond acceptors (Lipinski definition) is 21. The number of benzene rings is 4. The molecule has 0 bridgehead atoms. The second kappa shape index (κ2) is 40.1. The maximum atomic E-state index is 12.9. The highest BCUT2D eigenvalue weighted by atomic mass is 16.5. The number of methoxy groups -OCH3 is 3. The molecule has 12 aromatic heterocycles. The fourth-order valence-electron chi connectivity index (χ4n) is 13.4. The zero-order valence-corrected chi connectivity index (χ0v) is 71.3. The van der Waals surface area contributed by atoms with Crippen molar-refractivity contribution in [3.63, 3.8) is 0 Å². The SMILES string of the molecule is CCNC(=O)Nc1nc2c(-c3ccccn3)cc(-c3cnc(OC)nc3)cc2[nH]1.CCNC(=O)Nc1nc2c(-n3cc(C(=O)N(C)C)cn3)cc(-c3cccnc3)cc2[nH]1.CCNC(=O)Nc1nc2c(-n3cccn3)cc(-c3ccn(C(C)[C@@H](C)OC)c(=O)c3)cc2[nH]1.CCNC(=O)Nc1nc2c(-n3cccn3)cc(-c3ccn(C(C)[C@H](C)OC)c(=O)c3)cc2[nH]1. The third-order valence-electron chi connectivity index (χ3n) is 20.2. The maximum Gasteiger partial charge on any atom is 0.321 e. The van der Waals surface area contributed by atoms with Crippen LogP contribution in [0.15, 0.2) is 205 Å². The molecule has 0 fully saturated rings. The van der Waals surface area contributed by atoms with E-state index in [2.05, 4.69) is 118 Å². The minimum Gasteiger partial charge on any atom is -0.467 e. The van der Waals surface area contributed by atoms with E-state index in [0.717, 1.165) is 72.7 Å². The second-order valence-electron chi connectivity index (χ2n) is 28.7. The zero-order chi connectivity index (χ0) is 89.2. The summed E-state index contributed by atoms with van der Waals surface area (Å²) < 4.78 is 24.1. The van der Waals surface area contributed by atoms with Gasteiger partial charge in [0.25, 0.3) is 17.0 Å². The Morgan fingerprint density at radius 3 is 1.23 bits per heavy atom. The molecular weight excluding hydrogens is 1610 g/mol. The Labute approximate surface area is 720 Å². The Morgan fingerprint density at radius 1 is 0.421 bits per heavy atom. The van der Waals surface area contributed by atoms with Gasteiger partial charge < -0.3 is 69.4 Å². The fraction of sp³-hybridized carbons (Fsp3) is 0.241. The number of H-pyrrole nitrogens is 4. The summed E-state index contributed by atoms with van der Waals surface area (Å²) in [6.45, 7) is 17.1. The van der Waals surface area contributed by atoms with Crippen molar-refractivity contribution in [2.45, 2.75) is 79.7 Å². The molecule has 0 aliphatic rings. The van der Waals surface area contributed by atoms with Gasteiger partial charge in [0.05, 0.1) is 93.5 Å². The predicted molar refractivity (Wildman–Crippen MR) is 480 cm³/mol. The van der Waals surface area contributed by atoms with Crippen molar-refractivity contribution in [2.75, 3.05) is 82.9 Å². The number of rotatable bonds is 24. The Balaban J connectivity index is 0.000000144. The van der Waals surface area contributed by atoms with Gasteiger partial charge in [0, 0.05) is 158 Å². The van der Waals surface area contributed by atoms with Gasteiger partial charge in [-0.2, -0.15) is 15.3 Å². The number of hydrogen-bond donors (Lipinski definition) is 12. The van der Waals surface area contributed by atoms with Crippen molar-refractivity contribution in [1.29, 1.82) is 0 Å². The van der Waals surface area contributed by atoms with Gasteiger partial charge in [0.1, 0.15) is 16.6 Å². The van der Waals surface area contributed by atoms with E-state index in [1.807, 2.05) is 171 Å². The normalized spacial score (nSPS) is 12.0. The second-order valence-corrected chi connectivity index (χ2v) is 28.7. The van der Waals surface area contributed by atoms with Crippen LogP contribution in [0.2, 0.25) is 0 Å². The number of pyridine rings is 4. The average Bonchev–Trinajstić information content (AvgIpc) is 1.62. The highest BCUT2D eigenvalue weighted by Gasteiger charge is 2.24. The van der Waals surface area contributed by atoms with Gasteiger partial charge in [0.2, 0.25) is 23.8 Å². The summed E-state index contributed by atoms with van der Waals surface area (Å²) in [5.41, 5.74) is 16.0. The molecule has 2 unspecified atom stereocenters. The lowest BCUT2D eigenvalue weighted by atomic mass is 10.0. The van der Waals surface area contributed by atoms with Crippen LogP contribution in [0.1, 0.15) is 77.8 Å². The van der Waals surface area contributed by atoms with Crippen LogP contribution in [0.4, 0.5) is 43.0 Å². The van der Waals surface area contributed by atoms with Crippen LogP contribution in [0.25, 0.3) is 117 Å². The molecule has 39 nitrogen and oxygen atoms in total. The average molecular weight is 1710 g/mol. The summed E-state index contributed by atoms with van der Waals surface area (Å²) in [6.07, 6.45) is 22.1. The van der Waals surface area contributed by atoms with Gasteiger partial charge in [-0.1, -0.05) is 12.1 Å². The highest BCUT2D eigenvalue weighted by molar-refractivity contribution is 6.00. The number of ether oxygens (including phenoxy) is 3. The molecule has 39 heteroatoms. The summed E-state index contributed by atoms with van der Waals surface area (Å²) in [6, 6.07) is 34.3. The lowest BCUT2D eigenvalue weighted by Crippen LogP contribution is -2.29. The number of imidazole rings is 4. The molecule has 126 heavy (non-hydrogen) atoms. The first-order chi connectivity index (χ1) is 60.9. The van der Waals surface area contributed by atoms with Crippen LogP contribution in [0.3, 0.4) is 0 Å². The van der Waals surface area contributed by atoms with Crippen LogP contribution in [0, 0.1) is 0 Å². The van der Waals surface area contributed by atoms with Crippen LogP contribution < -0.4 is 58.4 Å². The van der Waals surface area contributed by atoms with Gasteiger partial charge in [-0.3, -0.25) is 45.6 Å². The van der Waals surface area contributed by atoms with Crippen LogP contribution in [-0.2, 0) is 9.47 Å². The number of urea groups is 4. The van der Waals surface area contributed by atoms with Crippen LogP contribution in [0.5, 0.6) is 6.01 Å². The molecule has 12 N–H and O–H groups in total. The Hall–Kier alpha value is -16.1. The van der Waals surface area contributed by atoms with Gasteiger partial charge in [-0.25, -0.2) is 63.1 Å². The monoisotopic (exact) mass is 1710 g/mol. The lowest BCUT2D eigenvalue weighted by Gasteiger charge is -2.21. The quantitative estimate of drug-likeness (QED) is 0.0267. The first-order valence-corrected chi connectivity index (χ1v) is 40.3. The van der Waals surface area contributed by atoms with Crippen molar-refractivity contribution >= 4 is 98.0 Å². The predicted octanol–water partition coefficient (Wildman–Crippen LogP) is 12.5. The largest absolute Gasteiger partial charge is 0.467 e. The molecule has 0 spiro atoms. The number of carbonyl (C=O) groups is 5. The minimum absolute atomic E-state index is 0.0999. The van der Waals surface area contributed by atoms with E-state index in [1.165, 1.54) is 18.2 Å². The number of fused-ring (bicyclic) bond motifs is 4. The van der Waals surface area contributed by atoms with Gasteiger partial charge in [0.15, 0.2) is 0 Å². The molecule has 0 aliphatic heterocycles. The molecule has 0 saturated carbocycles. The number of anilines is 4. The van der Waals surface area contributed by atoms with Crippen molar-refractivity contribution in [2.24, 2.45) is 0 Å².